The van der Waals surface area contributed by atoms with Gasteiger partial charge < -0.3 is 9.97 Å². The summed E-state index contributed by atoms with van der Waals surface area (Å²) >= 11 is 3.70. The van der Waals surface area contributed by atoms with Crippen LogP contribution in [0, 0.1) is 83.1 Å². The summed E-state index contributed by atoms with van der Waals surface area (Å²) in [6.07, 6.45) is 18.0. The molecule has 8 heterocycles. The molecule has 0 radical (unpaired) electrons. The van der Waals surface area contributed by atoms with Crippen molar-refractivity contribution in [2.24, 2.45) is 0 Å². The maximum atomic E-state index is 5.60. The van der Waals surface area contributed by atoms with Crippen molar-refractivity contribution in [3.05, 3.63) is 233 Å². The highest BCUT2D eigenvalue weighted by molar-refractivity contribution is 7.24. The van der Waals surface area contributed by atoms with Gasteiger partial charge in [0.25, 0.3) is 0 Å². The molecule has 0 fully saturated rings. The molecule has 4 aliphatic rings. The number of hydrogen-bond donors (Lipinski definition) is 2. The van der Waals surface area contributed by atoms with E-state index >= 15 is 0 Å². The molecule has 6 heteroatoms. The predicted octanol–water partition coefficient (Wildman–Crippen LogP) is 22.3. The van der Waals surface area contributed by atoms with Crippen LogP contribution in [0.2, 0.25) is 0 Å². The average Bonchev–Trinajstić information content (AvgIpc) is 2.48. The van der Waals surface area contributed by atoms with Crippen LogP contribution in [0.1, 0.15) is 112 Å². The summed E-state index contributed by atoms with van der Waals surface area (Å²) in [5, 5.41) is 0. The molecule has 84 heavy (non-hydrogen) atoms. The molecule has 0 saturated heterocycles. The van der Waals surface area contributed by atoms with Crippen LogP contribution in [0.3, 0.4) is 0 Å². The smallest absolute Gasteiger partial charge is 0.0730 e. The van der Waals surface area contributed by atoms with E-state index in [4.69, 9.17) is 9.97 Å². The van der Waals surface area contributed by atoms with Crippen molar-refractivity contribution < 1.29 is 0 Å². The summed E-state index contributed by atoms with van der Waals surface area (Å²) in [5.74, 6) is 0. The zero-order chi connectivity index (χ0) is 58.0. The number of aromatic nitrogens is 4. The van der Waals surface area contributed by atoms with Crippen molar-refractivity contribution >= 4 is 112 Å². The SMILES string of the molecule is Cc1cc(C)c(-c2c3nc(cc4c(-c5c6cc7nc(c(-c8c(C)cc(C)cc8C)c8ccc(s8)c(-c8c(C)cc(C)cc8C)c8ccc(cc5C=C6)[nH]8)C=C7)c(cc5ccc([nH]5)c(-c5c(C)cc(C)cc5C)c5ccc2s5)C=C4)C=C3)c(C)c1. The standard InChI is InChI=1S/C78H66N4S2/c1-41-29-45(5)69(46(6)30-41)75-61-21-17-57(79-61)37-53-13-14-54(38-58-18-22-62(80-58)76(66-26-25-65(75)83-66)70-47(7)31-42(2)32-48(70)8)73(53)74-55-15-16-56(74)40-60-20-24-64(82-60)78(72-51(11)35-44(4)36-52(72)12)68-28-27-67(84-68)77(63-23-19-59(39-55)81-63)71-49(9)33-43(3)34-50(71)10/h13-40,79,81H,1-12H3. The van der Waals surface area contributed by atoms with Gasteiger partial charge in [-0.15, -0.1) is 22.7 Å². The Balaban J connectivity index is 1.12. The van der Waals surface area contributed by atoms with Crippen LogP contribution in [-0.4, -0.2) is 19.9 Å². The second-order valence-corrected chi connectivity index (χ2v) is 26.1. The van der Waals surface area contributed by atoms with Crippen LogP contribution >= 0.6 is 22.7 Å². The zero-order valence-electron chi connectivity index (χ0n) is 49.9. The van der Waals surface area contributed by atoms with Gasteiger partial charge in [-0.25, -0.2) is 9.97 Å². The van der Waals surface area contributed by atoms with Gasteiger partial charge in [0, 0.05) is 63.1 Å². The van der Waals surface area contributed by atoms with Gasteiger partial charge in [-0.1, -0.05) is 95.1 Å². The molecular formula is C78H66N4S2. The van der Waals surface area contributed by atoms with Crippen molar-refractivity contribution in [2.45, 2.75) is 83.1 Å². The molecular weight excluding hydrogens is 1060 g/mol. The first-order chi connectivity index (χ1) is 40.5. The Morgan fingerprint density at radius 1 is 0.262 bits per heavy atom. The van der Waals surface area contributed by atoms with Gasteiger partial charge in [-0.2, -0.15) is 0 Å². The maximum absolute atomic E-state index is 5.60. The van der Waals surface area contributed by atoms with E-state index < -0.39 is 0 Å². The van der Waals surface area contributed by atoms with Crippen LogP contribution in [0.25, 0.3) is 145 Å². The van der Waals surface area contributed by atoms with E-state index in [0.717, 1.165) is 89.4 Å². The fraction of sp³-hybridized carbons (Fsp3) is 0.154. The number of rotatable bonds is 5. The fourth-order valence-corrected chi connectivity index (χ4v) is 16.5. The molecule has 410 valence electrons. The van der Waals surface area contributed by atoms with Crippen molar-refractivity contribution in [1.29, 1.82) is 0 Å². The molecule has 4 aromatic carbocycles. The maximum Gasteiger partial charge on any atom is 0.0730 e. The third-order valence-electron chi connectivity index (χ3n) is 17.2. The van der Waals surface area contributed by atoms with Crippen molar-refractivity contribution in [1.82, 2.24) is 19.9 Å². The molecule has 2 aliphatic heterocycles. The summed E-state index contributed by atoms with van der Waals surface area (Å²) in [6.45, 7) is 26.8. The highest BCUT2D eigenvalue weighted by Gasteiger charge is 2.24. The number of hydrogen-bond acceptors (Lipinski definition) is 4. The van der Waals surface area contributed by atoms with Crippen LogP contribution in [0.5, 0.6) is 0 Å². The lowest BCUT2D eigenvalue weighted by molar-refractivity contribution is 1.29. The van der Waals surface area contributed by atoms with Crippen LogP contribution in [-0.2, 0) is 0 Å². The molecule has 0 spiro atoms. The number of H-pyrrole nitrogens is 2. The van der Waals surface area contributed by atoms with Crippen LogP contribution in [0.15, 0.2) is 121 Å². The predicted molar refractivity (Wildman–Crippen MR) is 367 cm³/mol. The number of fused-ring (bicyclic) bond motifs is 17. The normalized spacial score (nSPS) is 12.6. The van der Waals surface area contributed by atoms with E-state index in [9.17, 15) is 0 Å². The van der Waals surface area contributed by atoms with Gasteiger partial charge in [-0.05, 0) is 280 Å². The molecule has 14 rings (SSSR count). The summed E-state index contributed by atoms with van der Waals surface area (Å²) in [4.78, 5) is 19.2. The highest BCUT2D eigenvalue weighted by atomic mass is 32.1. The molecule has 4 nitrogen and oxygen atoms in total. The first-order valence-electron chi connectivity index (χ1n) is 29.2. The van der Waals surface area contributed by atoms with E-state index in [-0.39, 0.29) is 0 Å². The summed E-state index contributed by atoms with van der Waals surface area (Å²) in [5.41, 5.74) is 39.4. The first-order valence-corrected chi connectivity index (χ1v) is 30.8. The average molecular weight is 1120 g/mol. The minimum atomic E-state index is 0.909. The van der Waals surface area contributed by atoms with Gasteiger partial charge >= 0.3 is 0 Å². The quantitative estimate of drug-likeness (QED) is 0.180. The molecule has 0 unspecified atom stereocenters. The first kappa shape index (κ1) is 53.1. The highest BCUT2D eigenvalue weighted by Crippen LogP contribution is 2.47. The Labute approximate surface area is 500 Å². The monoisotopic (exact) mass is 1120 g/mol. The molecule has 2 aliphatic carbocycles. The Bertz CT molecular complexity index is 4620. The second-order valence-electron chi connectivity index (χ2n) is 23.9. The van der Waals surface area contributed by atoms with Gasteiger partial charge in [-0.3, -0.25) is 0 Å². The largest absolute Gasteiger partial charge is 0.355 e. The molecule has 10 aromatic rings. The van der Waals surface area contributed by atoms with E-state index in [1.165, 1.54) is 119 Å². The lowest BCUT2D eigenvalue weighted by atomic mass is 9.93. The molecule has 6 aromatic heterocycles. The summed E-state index contributed by atoms with van der Waals surface area (Å²) < 4.78 is 4.79. The Hall–Kier alpha value is -8.94. The van der Waals surface area contributed by atoms with Crippen LogP contribution < -0.4 is 0 Å². The molecule has 0 amide bonds. The van der Waals surface area contributed by atoms with E-state index in [1.54, 1.807) is 0 Å². The van der Waals surface area contributed by atoms with Crippen molar-refractivity contribution in [3.8, 4) is 55.6 Å². The third kappa shape index (κ3) is 9.20. The fourth-order valence-electron chi connectivity index (χ4n) is 14.3. The Morgan fingerprint density at radius 3 is 0.869 bits per heavy atom. The lowest BCUT2D eigenvalue weighted by Gasteiger charge is -2.13. The number of benzene rings is 4. The number of aromatic amines is 2. The Morgan fingerprint density at radius 2 is 0.548 bits per heavy atom. The van der Waals surface area contributed by atoms with E-state index in [0.29, 0.717) is 0 Å². The summed E-state index contributed by atoms with van der Waals surface area (Å²) in [7, 11) is 0. The molecule has 16 bridgehead atoms. The van der Waals surface area contributed by atoms with E-state index in [2.05, 4.69) is 263 Å². The van der Waals surface area contributed by atoms with Crippen molar-refractivity contribution in [3.63, 3.8) is 0 Å². The molecule has 0 saturated carbocycles. The van der Waals surface area contributed by atoms with E-state index in [1.807, 2.05) is 22.7 Å². The second kappa shape index (κ2) is 20.4. The summed E-state index contributed by atoms with van der Waals surface area (Å²) in [6, 6.07) is 46.1. The minimum Gasteiger partial charge on any atom is -0.355 e. The third-order valence-corrected chi connectivity index (χ3v) is 19.5. The molecule has 0 atom stereocenters. The Kier molecular flexibility index (Phi) is 12.9. The number of nitrogens with one attached hydrogen (secondary N) is 2. The lowest BCUT2D eigenvalue weighted by Crippen LogP contribution is -1.93. The number of thiophene rings is 2. The van der Waals surface area contributed by atoms with Gasteiger partial charge in [0.05, 0.1) is 22.8 Å². The van der Waals surface area contributed by atoms with Gasteiger partial charge in [0.15, 0.2) is 0 Å². The van der Waals surface area contributed by atoms with Crippen molar-refractivity contribution in [2.75, 3.05) is 0 Å². The van der Waals surface area contributed by atoms with Gasteiger partial charge in [0.2, 0.25) is 0 Å². The zero-order valence-corrected chi connectivity index (χ0v) is 51.5. The van der Waals surface area contributed by atoms with Crippen LogP contribution in [0.4, 0.5) is 0 Å². The number of aryl methyl sites for hydroxylation is 12. The van der Waals surface area contributed by atoms with Gasteiger partial charge in [0.1, 0.15) is 0 Å². The topological polar surface area (TPSA) is 57.4 Å². The number of nitrogens with zero attached hydrogens (tertiary/aromatic N) is 2. The minimum absolute atomic E-state index is 0.909. The molecule has 2 N–H and O–H groups in total.